The van der Waals surface area contributed by atoms with Gasteiger partial charge in [0.1, 0.15) is 11.4 Å². The Hall–Kier alpha value is -2.61. The second kappa shape index (κ2) is 9.91. The van der Waals surface area contributed by atoms with Crippen LogP contribution in [0, 0.1) is 6.92 Å². The van der Waals surface area contributed by atoms with Crippen molar-refractivity contribution < 1.29 is 14.3 Å². The number of amides is 1. The zero-order chi connectivity index (χ0) is 19.8. The van der Waals surface area contributed by atoms with Crippen molar-refractivity contribution in [2.45, 2.75) is 44.1 Å². The fourth-order valence-electron chi connectivity index (χ4n) is 2.26. The number of thioether (sulfide) groups is 1. The molecule has 0 unspecified atom stereocenters. The topological polar surface area (TPSA) is 107 Å². The first-order chi connectivity index (χ1) is 12.9. The van der Waals surface area contributed by atoms with Crippen LogP contribution in [0.15, 0.2) is 35.6 Å². The molecule has 0 aliphatic heterocycles. The number of hydrogen-bond acceptors (Lipinski definition) is 7. The standard InChI is InChI=1S/C19H24N4O3S/c1-4-15(17(24)21-10-13-8-6-12(3)7-9-13)27-19-22-11-14(16(20)23-19)18(25)26-5-2/h6-9,11,15H,4-5,10H2,1-3H3,(H,21,24)(H2,20,22,23)/t15-/m1/s1. The molecule has 7 nitrogen and oxygen atoms in total. The highest BCUT2D eigenvalue weighted by molar-refractivity contribution is 8.00. The molecule has 0 saturated carbocycles. The van der Waals surface area contributed by atoms with E-state index in [1.807, 2.05) is 38.1 Å². The van der Waals surface area contributed by atoms with Gasteiger partial charge in [0.2, 0.25) is 5.91 Å². The highest BCUT2D eigenvalue weighted by atomic mass is 32.2. The lowest BCUT2D eigenvalue weighted by Gasteiger charge is -2.14. The van der Waals surface area contributed by atoms with Crippen LogP contribution < -0.4 is 11.1 Å². The van der Waals surface area contributed by atoms with Gasteiger partial charge in [-0.15, -0.1) is 0 Å². The molecule has 0 bridgehead atoms. The van der Waals surface area contributed by atoms with Gasteiger partial charge in [0, 0.05) is 12.7 Å². The lowest BCUT2D eigenvalue weighted by molar-refractivity contribution is -0.120. The van der Waals surface area contributed by atoms with E-state index in [1.165, 1.54) is 23.5 Å². The van der Waals surface area contributed by atoms with E-state index in [1.54, 1.807) is 6.92 Å². The summed E-state index contributed by atoms with van der Waals surface area (Å²) in [7, 11) is 0. The Morgan fingerprint density at radius 2 is 1.96 bits per heavy atom. The smallest absolute Gasteiger partial charge is 0.343 e. The predicted octanol–water partition coefficient (Wildman–Crippen LogP) is 2.73. The Kier molecular flexibility index (Phi) is 7.60. The summed E-state index contributed by atoms with van der Waals surface area (Å²) in [4.78, 5) is 32.5. The van der Waals surface area contributed by atoms with E-state index < -0.39 is 5.97 Å². The maximum Gasteiger partial charge on any atom is 0.343 e. The molecule has 0 radical (unpaired) electrons. The number of ether oxygens (including phenoxy) is 1. The van der Waals surface area contributed by atoms with Crippen molar-refractivity contribution in [3.8, 4) is 0 Å². The summed E-state index contributed by atoms with van der Waals surface area (Å²) in [5, 5.41) is 2.92. The minimum absolute atomic E-state index is 0.0425. The minimum Gasteiger partial charge on any atom is -0.462 e. The number of carbonyl (C=O) groups is 2. The number of aryl methyl sites for hydroxylation is 1. The third kappa shape index (κ3) is 5.96. The van der Waals surface area contributed by atoms with E-state index in [9.17, 15) is 9.59 Å². The number of nitrogens with one attached hydrogen (secondary N) is 1. The van der Waals surface area contributed by atoms with Gasteiger partial charge in [-0.1, -0.05) is 48.5 Å². The fraction of sp³-hybridized carbons (Fsp3) is 0.368. The van der Waals surface area contributed by atoms with Crippen molar-refractivity contribution in [3.05, 3.63) is 47.2 Å². The molecule has 8 heteroatoms. The van der Waals surface area contributed by atoms with Crippen molar-refractivity contribution in [2.75, 3.05) is 12.3 Å². The van der Waals surface area contributed by atoms with Crippen LogP contribution in [0.3, 0.4) is 0 Å². The molecule has 1 aromatic carbocycles. The zero-order valence-electron chi connectivity index (χ0n) is 15.7. The molecule has 144 valence electrons. The molecule has 0 aliphatic rings. The summed E-state index contributed by atoms with van der Waals surface area (Å²) < 4.78 is 4.90. The molecule has 1 amide bonds. The van der Waals surface area contributed by atoms with E-state index in [0.717, 1.165) is 5.56 Å². The van der Waals surface area contributed by atoms with Gasteiger partial charge in [0.05, 0.1) is 11.9 Å². The van der Waals surface area contributed by atoms with E-state index >= 15 is 0 Å². The summed E-state index contributed by atoms with van der Waals surface area (Å²) in [6, 6.07) is 7.99. The Balaban J connectivity index is 1.98. The lowest BCUT2D eigenvalue weighted by Crippen LogP contribution is -2.32. The summed E-state index contributed by atoms with van der Waals surface area (Å²) in [6.07, 6.45) is 1.94. The Bertz CT molecular complexity index is 796. The zero-order valence-corrected chi connectivity index (χ0v) is 16.5. The van der Waals surface area contributed by atoms with Crippen molar-refractivity contribution in [1.82, 2.24) is 15.3 Å². The summed E-state index contributed by atoms with van der Waals surface area (Å²) >= 11 is 1.22. The number of esters is 1. The lowest BCUT2D eigenvalue weighted by atomic mass is 10.1. The SMILES string of the molecule is CCOC(=O)c1cnc(S[C@H](CC)C(=O)NCc2ccc(C)cc2)nc1N. The van der Waals surface area contributed by atoms with Crippen LogP contribution in [0.5, 0.6) is 0 Å². The second-order valence-electron chi connectivity index (χ2n) is 5.89. The van der Waals surface area contributed by atoms with E-state index in [4.69, 9.17) is 10.5 Å². The summed E-state index contributed by atoms with van der Waals surface area (Å²) in [5.74, 6) is -0.616. The number of nitrogen functional groups attached to an aromatic ring is 1. The molecule has 1 aromatic heterocycles. The van der Waals surface area contributed by atoms with Crippen LogP contribution in [0.4, 0.5) is 5.82 Å². The van der Waals surface area contributed by atoms with Crippen molar-refractivity contribution in [2.24, 2.45) is 0 Å². The molecule has 0 fully saturated rings. The first-order valence-corrected chi connectivity index (χ1v) is 9.62. The van der Waals surface area contributed by atoms with Gasteiger partial charge in [-0.25, -0.2) is 14.8 Å². The number of benzene rings is 1. The Morgan fingerprint density at radius 1 is 1.26 bits per heavy atom. The molecule has 0 saturated heterocycles. The van der Waals surface area contributed by atoms with Gasteiger partial charge in [-0.05, 0) is 25.8 Å². The largest absolute Gasteiger partial charge is 0.462 e. The van der Waals surface area contributed by atoms with Gasteiger partial charge >= 0.3 is 5.97 Å². The normalized spacial score (nSPS) is 11.7. The highest BCUT2D eigenvalue weighted by Crippen LogP contribution is 2.24. The van der Waals surface area contributed by atoms with Gasteiger partial charge in [0.25, 0.3) is 0 Å². The highest BCUT2D eigenvalue weighted by Gasteiger charge is 2.21. The number of carbonyl (C=O) groups excluding carboxylic acids is 2. The van der Waals surface area contributed by atoms with Gasteiger partial charge < -0.3 is 15.8 Å². The van der Waals surface area contributed by atoms with Gasteiger partial charge in [-0.2, -0.15) is 0 Å². The quantitative estimate of drug-likeness (QED) is 0.407. The monoisotopic (exact) mass is 388 g/mol. The molecular weight excluding hydrogens is 364 g/mol. The predicted molar refractivity (Wildman–Crippen MR) is 105 cm³/mol. The molecule has 3 N–H and O–H groups in total. The fourth-order valence-corrected chi connectivity index (χ4v) is 3.14. The van der Waals surface area contributed by atoms with E-state index in [-0.39, 0.29) is 29.1 Å². The van der Waals surface area contributed by atoms with Crippen LogP contribution in [0.2, 0.25) is 0 Å². The Labute approximate surface area is 163 Å². The van der Waals surface area contributed by atoms with Crippen LogP contribution in [0.1, 0.15) is 41.8 Å². The van der Waals surface area contributed by atoms with E-state index in [0.29, 0.717) is 18.1 Å². The molecule has 27 heavy (non-hydrogen) atoms. The van der Waals surface area contributed by atoms with Crippen molar-refractivity contribution in [1.29, 1.82) is 0 Å². The maximum absolute atomic E-state index is 12.5. The molecule has 1 heterocycles. The van der Waals surface area contributed by atoms with Crippen LogP contribution >= 0.6 is 11.8 Å². The van der Waals surface area contributed by atoms with E-state index in [2.05, 4.69) is 15.3 Å². The van der Waals surface area contributed by atoms with Crippen LogP contribution in [-0.2, 0) is 16.1 Å². The molecule has 0 aliphatic carbocycles. The third-order valence-electron chi connectivity index (χ3n) is 3.79. The van der Waals surface area contributed by atoms with Gasteiger partial charge in [0.15, 0.2) is 5.16 Å². The number of nitrogens with zero attached hydrogens (tertiary/aromatic N) is 2. The number of rotatable bonds is 8. The van der Waals surface area contributed by atoms with Crippen LogP contribution in [-0.4, -0.2) is 33.7 Å². The Morgan fingerprint density at radius 3 is 2.56 bits per heavy atom. The minimum atomic E-state index is -0.561. The first-order valence-electron chi connectivity index (χ1n) is 8.74. The summed E-state index contributed by atoms with van der Waals surface area (Å²) in [5.41, 5.74) is 8.16. The van der Waals surface area contributed by atoms with Gasteiger partial charge in [-0.3, -0.25) is 4.79 Å². The molecule has 1 atom stereocenters. The van der Waals surface area contributed by atoms with Crippen molar-refractivity contribution in [3.63, 3.8) is 0 Å². The first kappa shape index (κ1) is 20.7. The molecule has 2 rings (SSSR count). The molecular formula is C19H24N4O3S. The molecule has 2 aromatic rings. The van der Waals surface area contributed by atoms with Crippen molar-refractivity contribution >= 4 is 29.5 Å². The number of nitrogens with two attached hydrogens (primary N) is 1. The second-order valence-corrected chi connectivity index (χ2v) is 7.06. The summed E-state index contributed by atoms with van der Waals surface area (Å²) in [6.45, 7) is 6.35. The number of anilines is 1. The number of hydrogen-bond donors (Lipinski definition) is 2. The third-order valence-corrected chi connectivity index (χ3v) is 5.03. The van der Waals surface area contributed by atoms with Crippen LogP contribution in [0.25, 0.3) is 0 Å². The average molecular weight is 388 g/mol. The maximum atomic E-state index is 12.5. The number of aromatic nitrogens is 2. The average Bonchev–Trinajstić information content (AvgIpc) is 2.65. The molecule has 0 spiro atoms.